The van der Waals surface area contributed by atoms with Crippen molar-refractivity contribution in [1.29, 1.82) is 0 Å². The second-order valence-corrected chi connectivity index (χ2v) is 5.08. The first-order valence-corrected chi connectivity index (χ1v) is 7.13. The summed E-state index contributed by atoms with van der Waals surface area (Å²) in [7, 11) is 0. The van der Waals surface area contributed by atoms with Gasteiger partial charge in [0.25, 0.3) is 0 Å². The van der Waals surface area contributed by atoms with Crippen LogP contribution in [0.1, 0.15) is 18.1 Å². The molecule has 1 aromatic carbocycles. The summed E-state index contributed by atoms with van der Waals surface area (Å²) in [6, 6.07) is 8.23. The second kappa shape index (κ2) is 5.48. The van der Waals surface area contributed by atoms with E-state index in [2.05, 4.69) is 53.4 Å². The van der Waals surface area contributed by atoms with Gasteiger partial charge in [-0.1, -0.05) is 18.2 Å². The number of anilines is 1. The summed E-state index contributed by atoms with van der Waals surface area (Å²) >= 11 is 0. The van der Waals surface area contributed by atoms with E-state index in [1.165, 1.54) is 0 Å². The molecule has 0 saturated heterocycles. The number of fused-ring (bicyclic) bond motifs is 1. The molecule has 3 rings (SSSR count). The van der Waals surface area contributed by atoms with Crippen LogP contribution in [0.3, 0.4) is 0 Å². The van der Waals surface area contributed by atoms with Crippen LogP contribution < -0.4 is 5.32 Å². The molecule has 1 N–H and O–H groups in total. The maximum absolute atomic E-state index is 4.44. The molecule has 0 atom stereocenters. The van der Waals surface area contributed by atoms with Crippen molar-refractivity contribution in [2.24, 2.45) is 0 Å². The zero-order valence-electron chi connectivity index (χ0n) is 12.5. The Hall–Kier alpha value is -2.49. The number of benzene rings is 1. The van der Waals surface area contributed by atoms with Crippen molar-refractivity contribution in [2.45, 2.75) is 20.8 Å². The lowest BCUT2D eigenvalue weighted by atomic mass is 9.99. The number of nitrogens with one attached hydrogen (secondary N) is 1. The number of rotatable bonds is 3. The standard InChI is InChI=1S/C17H18N4/c1-4-19-17-12(3)11(2)16(20-21-17)14-7-5-6-13-8-9-18-10-15(13)14/h5-10H,4H2,1-3H3,(H,19,21). The van der Waals surface area contributed by atoms with Gasteiger partial charge in [-0.05, 0) is 43.4 Å². The largest absolute Gasteiger partial charge is 0.369 e. The van der Waals surface area contributed by atoms with Gasteiger partial charge in [0.15, 0.2) is 5.82 Å². The summed E-state index contributed by atoms with van der Waals surface area (Å²) in [5.74, 6) is 0.858. The Morgan fingerprint density at radius 1 is 1.05 bits per heavy atom. The molecule has 0 fully saturated rings. The highest BCUT2D eigenvalue weighted by molar-refractivity contribution is 5.95. The molecule has 2 aromatic heterocycles. The molecule has 0 amide bonds. The highest BCUT2D eigenvalue weighted by atomic mass is 15.2. The van der Waals surface area contributed by atoms with E-state index in [4.69, 9.17) is 0 Å². The third-order valence-corrected chi connectivity index (χ3v) is 3.81. The minimum Gasteiger partial charge on any atom is -0.369 e. The summed E-state index contributed by atoms with van der Waals surface area (Å²) in [6.07, 6.45) is 3.70. The van der Waals surface area contributed by atoms with E-state index >= 15 is 0 Å². The van der Waals surface area contributed by atoms with Crippen molar-refractivity contribution in [3.63, 3.8) is 0 Å². The van der Waals surface area contributed by atoms with Gasteiger partial charge in [0.2, 0.25) is 0 Å². The van der Waals surface area contributed by atoms with Crippen LogP contribution in [-0.4, -0.2) is 21.7 Å². The molecule has 0 aliphatic carbocycles. The third-order valence-electron chi connectivity index (χ3n) is 3.81. The summed E-state index contributed by atoms with van der Waals surface area (Å²) in [6.45, 7) is 7.07. The Balaban J connectivity index is 2.22. The lowest BCUT2D eigenvalue weighted by Gasteiger charge is -2.13. The molecule has 0 bridgehead atoms. The monoisotopic (exact) mass is 278 g/mol. The van der Waals surface area contributed by atoms with Crippen LogP contribution in [0.4, 0.5) is 5.82 Å². The van der Waals surface area contributed by atoms with Crippen molar-refractivity contribution >= 4 is 16.6 Å². The van der Waals surface area contributed by atoms with Crippen LogP contribution >= 0.6 is 0 Å². The van der Waals surface area contributed by atoms with Crippen LogP contribution in [0.15, 0.2) is 36.7 Å². The van der Waals surface area contributed by atoms with Crippen LogP contribution in [-0.2, 0) is 0 Å². The molecule has 0 aliphatic heterocycles. The number of pyridine rings is 1. The van der Waals surface area contributed by atoms with Gasteiger partial charge in [-0.2, -0.15) is 0 Å². The summed E-state index contributed by atoms with van der Waals surface area (Å²) in [5, 5.41) is 14.3. The van der Waals surface area contributed by atoms with Crippen molar-refractivity contribution in [3.05, 3.63) is 47.8 Å². The number of aromatic nitrogens is 3. The highest BCUT2D eigenvalue weighted by Gasteiger charge is 2.13. The zero-order chi connectivity index (χ0) is 14.8. The molecule has 21 heavy (non-hydrogen) atoms. The van der Waals surface area contributed by atoms with Gasteiger partial charge in [-0.25, -0.2) is 0 Å². The van der Waals surface area contributed by atoms with Crippen LogP contribution in [0.2, 0.25) is 0 Å². The van der Waals surface area contributed by atoms with Gasteiger partial charge in [0, 0.05) is 29.9 Å². The van der Waals surface area contributed by atoms with Gasteiger partial charge in [-0.15, -0.1) is 10.2 Å². The molecule has 4 nitrogen and oxygen atoms in total. The first-order chi connectivity index (χ1) is 10.2. The fraction of sp³-hybridized carbons (Fsp3) is 0.235. The van der Waals surface area contributed by atoms with Crippen molar-refractivity contribution < 1.29 is 0 Å². The van der Waals surface area contributed by atoms with Crippen LogP contribution in [0, 0.1) is 13.8 Å². The van der Waals surface area contributed by atoms with E-state index < -0.39 is 0 Å². The van der Waals surface area contributed by atoms with E-state index in [9.17, 15) is 0 Å². The molecular formula is C17H18N4. The van der Waals surface area contributed by atoms with Crippen molar-refractivity contribution in [1.82, 2.24) is 15.2 Å². The minimum absolute atomic E-state index is 0.840. The van der Waals surface area contributed by atoms with Gasteiger partial charge < -0.3 is 5.32 Å². The molecule has 2 heterocycles. The average Bonchev–Trinajstić information content (AvgIpc) is 2.52. The average molecular weight is 278 g/mol. The number of nitrogens with zero attached hydrogens (tertiary/aromatic N) is 3. The molecule has 0 spiro atoms. The maximum atomic E-state index is 4.44. The molecule has 3 aromatic rings. The molecule has 0 aliphatic rings. The number of hydrogen-bond acceptors (Lipinski definition) is 4. The first-order valence-electron chi connectivity index (χ1n) is 7.13. The van der Waals surface area contributed by atoms with Gasteiger partial charge in [-0.3, -0.25) is 4.98 Å². The van der Waals surface area contributed by atoms with Crippen molar-refractivity contribution in [2.75, 3.05) is 11.9 Å². The molecule has 4 heteroatoms. The molecular weight excluding hydrogens is 260 g/mol. The quantitative estimate of drug-likeness (QED) is 0.793. The van der Waals surface area contributed by atoms with Gasteiger partial charge >= 0.3 is 0 Å². The molecule has 0 radical (unpaired) electrons. The predicted molar refractivity (Wildman–Crippen MR) is 86.4 cm³/mol. The number of hydrogen-bond donors (Lipinski definition) is 1. The second-order valence-electron chi connectivity index (χ2n) is 5.08. The van der Waals surface area contributed by atoms with Gasteiger partial charge in [0.05, 0.1) is 5.69 Å². The summed E-state index contributed by atoms with van der Waals surface area (Å²) in [4.78, 5) is 4.24. The topological polar surface area (TPSA) is 50.7 Å². The van der Waals surface area contributed by atoms with Crippen LogP contribution in [0.25, 0.3) is 22.0 Å². The molecule has 106 valence electrons. The van der Waals surface area contributed by atoms with Crippen molar-refractivity contribution in [3.8, 4) is 11.3 Å². The van der Waals surface area contributed by atoms with E-state index in [0.29, 0.717) is 0 Å². The van der Waals surface area contributed by atoms with E-state index in [0.717, 1.165) is 45.5 Å². The highest BCUT2D eigenvalue weighted by Crippen LogP contribution is 2.31. The van der Waals surface area contributed by atoms with E-state index in [1.54, 1.807) is 0 Å². The smallest absolute Gasteiger partial charge is 0.151 e. The van der Waals surface area contributed by atoms with E-state index in [-0.39, 0.29) is 0 Å². The predicted octanol–water partition coefficient (Wildman–Crippen LogP) is 3.74. The molecule has 0 unspecified atom stereocenters. The van der Waals surface area contributed by atoms with Crippen LogP contribution in [0.5, 0.6) is 0 Å². The summed E-state index contributed by atoms with van der Waals surface area (Å²) < 4.78 is 0. The summed E-state index contributed by atoms with van der Waals surface area (Å²) in [5.41, 5.74) is 4.30. The normalized spacial score (nSPS) is 10.8. The maximum Gasteiger partial charge on any atom is 0.151 e. The Kier molecular flexibility index (Phi) is 3.52. The fourth-order valence-corrected chi connectivity index (χ4v) is 2.52. The first kappa shape index (κ1) is 13.5. The Bertz CT molecular complexity index is 791. The molecule has 0 saturated carbocycles. The SMILES string of the molecule is CCNc1nnc(-c2cccc3ccncc23)c(C)c1C. The lowest BCUT2D eigenvalue weighted by molar-refractivity contribution is 0.988. The van der Waals surface area contributed by atoms with E-state index in [1.807, 2.05) is 24.5 Å². The third kappa shape index (κ3) is 2.33. The van der Waals surface area contributed by atoms with Gasteiger partial charge in [0.1, 0.15) is 0 Å². The zero-order valence-corrected chi connectivity index (χ0v) is 12.5. The Morgan fingerprint density at radius 2 is 1.90 bits per heavy atom. The minimum atomic E-state index is 0.840. The Morgan fingerprint density at radius 3 is 2.71 bits per heavy atom. The Labute approximate surface area is 124 Å². The lowest BCUT2D eigenvalue weighted by Crippen LogP contribution is -2.06. The fourth-order valence-electron chi connectivity index (χ4n) is 2.52.